The van der Waals surface area contributed by atoms with Crippen molar-refractivity contribution in [2.75, 3.05) is 17.2 Å². The van der Waals surface area contributed by atoms with Gasteiger partial charge >= 0.3 is 6.03 Å². The summed E-state index contributed by atoms with van der Waals surface area (Å²) in [6.07, 6.45) is 3.81. The summed E-state index contributed by atoms with van der Waals surface area (Å²) in [6, 6.07) is 18.2. The van der Waals surface area contributed by atoms with E-state index in [0.717, 1.165) is 37.1 Å². The van der Waals surface area contributed by atoms with E-state index in [2.05, 4.69) is 15.6 Å². The molecule has 0 radical (unpaired) electrons. The van der Waals surface area contributed by atoms with Gasteiger partial charge in [0.05, 0.1) is 11.4 Å². The summed E-state index contributed by atoms with van der Waals surface area (Å²) in [5.41, 5.74) is 2.46. The van der Waals surface area contributed by atoms with Gasteiger partial charge in [-0.15, -0.1) is 0 Å². The number of aliphatic imine (C=N–C) groups is 1. The van der Waals surface area contributed by atoms with Gasteiger partial charge in [0.25, 0.3) is 5.56 Å². The Kier molecular flexibility index (Phi) is 5.79. The van der Waals surface area contributed by atoms with Crippen molar-refractivity contribution in [3.05, 3.63) is 76.6 Å². The van der Waals surface area contributed by atoms with Gasteiger partial charge in [0.2, 0.25) is 0 Å². The number of urea groups is 1. The molecule has 0 spiro atoms. The van der Waals surface area contributed by atoms with Crippen LogP contribution in [0.3, 0.4) is 0 Å². The summed E-state index contributed by atoms with van der Waals surface area (Å²) in [6.45, 7) is 0.699. The number of carbonyl (C=O) groups excluding carboxylic acids is 1. The number of para-hydroxylation sites is 2. The summed E-state index contributed by atoms with van der Waals surface area (Å²) in [4.78, 5) is 30.8. The number of amides is 2. The fraction of sp³-hybridized carbons (Fsp3) is 0.261. The summed E-state index contributed by atoms with van der Waals surface area (Å²) in [7, 11) is 1.77. The van der Waals surface area contributed by atoms with Gasteiger partial charge in [-0.1, -0.05) is 42.8 Å². The normalized spacial score (nSPS) is 14.0. The molecule has 30 heavy (non-hydrogen) atoms. The molecule has 1 aliphatic heterocycles. The third-order valence-corrected chi connectivity index (χ3v) is 5.19. The first kappa shape index (κ1) is 19.7. The van der Waals surface area contributed by atoms with Gasteiger partial charge in [-0.2, -0.15) is 0 Å². The standard InChI is InChI=1S/C23H25N5O2/c1-27-21(26-23(30)25-17-11-5-2-6-12-17)20(19-15-9-4-10-16-24-19)22(29)28(27)18-13-7-3-8-14-18/h2-3,5-8,11-14H,4,9-10,15-16H2,1H3,(H2,25,26,30). The van der Waals surface area contributed by atoms with Crippen molar-refractivity contribution in [2.24, 2.45) is 12.0 Å². The van der Waals surface area contributed by atoms with Crippen molar-refractivity contribution in [2.45, 2.75) is 25.7 Å². The quantitative estimate of drug-likeness (QED) is 0.685. The van der Waals surface area contributed by atoms with E-state index in [0.29, 0.717) is 23.6 Å². The summed E-state index contributed by atoms with van der Waals surface area (Å²) < 4.78 is 3.26. The van der Waals surface area contributed by atoms with Gasteiger partial charge in [-0.3, -0.25) is 19.8 Å². The van der Waals surface area contributed by atoms with Crippen molar-refractivity contribution >= 4 is 23.2 Å². The van der Waals surface area contributed by atoms with E-state index in [1.807, 2.05) is 60.7 Å². The minimum Gasteiger partial charge on any atom is -0.308 e. The number of aromatic nitrogens is 2. The van der Waals surface area contributed by atoms with Crippen LogP contribution in [-0.4, -0.2) is 27.7 Å². The molecule has 0 atom stereocenters. The van der Waals surface area contributed by atoms with Crippen molar-refractivity contribution in [3.8, 4) is 5.69 Å². The number of hydrogen-bond donors (Lipinski definition) is 2. The molecule has 0 aliphatic carbocycles. The molecule has 2 amide bonds. The maximum Gasteiger partial charge on any atom is 0.324 e. The van der Waals surface area contributed by atoms with Crippen LogP contribution < -0.4 is 16.2 Å². The number of hydrogen-bond acceptors (Lipinski definition) is 3. The lowest BCUT2D eigenvalue weighted by Gasteiger charge is -2.12. The van der Waals surface area contributed by atoms with E-state index in [-0.39, 0.29) is 5.56 Å². The highest BCUT2D eigenvalue weighted by molar-refractivity contribution is 6.08. The van der Waals surface area contributed by atoms with Crippen molar-refractivity contribution in [1.29, 1.82) is 0 Å². The highest BCUT2D eigenvalue weighted by Gasteiger charge is 2.25. The molecule has 3 aromatic rings. The van der Waals surface area contributed by atoms with Gasteiger partial charge in [0.1, 0.15) is 11.4 Å². The number of carbonyl (C=O) groups is 1. The molecular weight excluding hydrogens is 378 g/mol. The molecule has 0 fully saturated rings. The molecule has 2 N–H and O–H groups in total. The molecule has 1 aliphatic rings. The van der Waals surface area contributed by atoms with Gasteiger partial charge in [0.15, 0.2) is 0 Å². The Hall–Kier alpha value is -3.61. The molecule has 2 heterocycles. The zero-order valence-corrected chi connectivity index (χ0v) is 17.0. The van der Waals surface area contributed by atoms with Crippen molar-refractivity contribution in [3.63, 3.8) is 0 Å². The highest BCUT2D eigenvalue weighted by atomic mass is 16.2. The van der Waals surface area contributed by atoms with Crippen LogP contribution in [0.2, 0.25) is 0 Å². The van der Waals surface area contributed by atoms with E-state index in [1.165, 1.54) is 0 Å². The molecule has 0 saturated carbocycles. The predicted molar refractivity (Wildman–Crippen MR) is 120 cm³/mol. The van der Waals surface area contributed by atoms with Gasteiger partial charge < -0.3 is 5.32 Å². The topological polar surface area (TPSA) is 80.4 Å². The minimum absolute atomic E-state index is 0.181. The maximum atomic E-state index is 13.5. The second kappa shape index (κ2) is 8.82. The SMILES string of the molecule is Cn1c(NC(=O)Nc2ccccc2)c(C2=NCCCCC2)c(=O)n1-c1ccccc1. The van der Waals surface area contributed by atoms with Gasteiger partial charge in [-0.05, 0) is 43.5 Å². The van der Waals surface area contributed by atoms with Crippen LogP contribution >= 0.6 is 0 Å². The molecule has 4 rings (SSSR count). The molecular formula is C23H25N5O2. The second-order valence-electron chi connectivity index (χ2n) is 7.28. The number of nitrogens with one attached hydrogen (secondary N) is 2. The van der Waals surface area contributed by atoms with Crippen molar-refractivity contribution < 1.29 is 4.79 Å². The van der Waals surface area contributed by atoms with Crippen LogP contribution in [0.1, 0.15) is 31.2 Å². The Morgan fingerprint density at radius 3 is 2.37 bits per heavy atom. The number of rotatable bonds is 4. The number of benzene rings is 2. The maximum absolute atomic E-state index is 13.5. The Balaban J connectivity index is 1.76. The molecule has 0 unspecified atom stereocenters. The molecule has 7 nitrogen and oxygen atoms in total. The molecule has 7 heteroatoms. The molecule has 2 aromatic carbocycles. The van der Waals surface area contributed by atoms with Crippen LogP contribution in [0.4, 0.5) is 16.3 Å². The third kappa shape index (κ3) is 4.05. The van der Waals surface area contributed by atoms with E-state index < -0.39 is 6.03 Å². The minimum atomic E-state index is -0.405. The van der Waals surface area contributed by atoms with E-state index in [4.69, 9.17) is 0 Å². The second-order valence-corrected chi connectivity index (χ2v) is 7.28. The van der Waals surface area contributed by atoms with Gasteiger partial charge in [-0.25, -0.2) is 9.48 Å². The summed E-state index contributed by atoms with van der Waals surface area (Å²) >= 11 is 0. The molecule has 0 saturated heterocycles. The lowest BCUT2D eigenvalue weighted by Crippen LogP contribution is -2.23. The number of nitrogens with zero attached hydrogens (tertiary/aromatic N) is 3. The monoisotopic (exact) mass is 403 g/mol. The van der Waals surface area contributed by atoms with Crippen LogP contribution in [0.25, 0.3) is 5.69 Å². The molecule has 0 bridgehead atoms. The van der Waals surface area contributed by atoms with E-state index in [9.17, 15) is 9.59 Å². The Morgan fingerprint density at radius 1 is 0.933 bits per heavy atom. The van der Waals surface area contributed by atoms with Crippen LogP contribution in [0.5, 0.6) is 0 Å². The van der Waals surface area contributed by atoms with Crippen LogP contribution in [0, 0.1) is 0 Å². The molecule has 1 aromatic heterocycles. The van der Waals surface area contributed by atoms with E-state index >= 15 is 0 Å². The predicted octanol–water partition coefficient (Wildman–Crippen LogP) is 4.18. The van der Waals surface area contributed by atoms with Crippen LogP contribution in [-0.2, 0) is 7.05 Å². The Bertz CT molecular complexity index is 1110. The van der Waals surface area contributed by atoms with Crippen LogP contribution in [0.15, 0.2) is 70.5 Å². The zero-order valence-electron chi connectivity index (χ0n) is 17.0. The smallest absolute Gasteiger partial charge is 0.308 e. The lowest BCUT2D eigenvalue weighted by molar-refractivity contribution is 0.262. The first-order chi connectivity index (χ1) is 14.6. The number of anilines is 2. The average Bonchev–Trinajstić information content (AvgIpc) is 2.93. The Morgan fingerprint density at radius 2 is 1.63 bits per heavy atom. The Labute approximate surface area is 175 Å². The first-order valence-corrected chi connectivity index (χ1v) is 10.2. The summed E-state index contributed by atoms with van der Waals surface area (Å²) in [5.74, 6) is 0.443. The van der Waals surface area contributed by atoms with Gasteiger partial charge in [0, 0.05) is 19.3 Å². The fourth-order valence-electron chi connectivity index (χ4n) is 3.74. The lowest BCUT2D eigenvalue weighted by atomic mass is 10.1. The largest absolute Gasteiger partial charge is 0.324 e. The molecule has 154 valence electrons. The fourth-order valence-corrected chi connectivity index (χ4v) is 3.74. The highest BCUT2D eigenvalue weighted by Crippen LogP contribution is 2.21. The third-order valence-electron chi connectivity index (χ3n) is 5.19. The van der Waals surface area contributed by atoms with E-state index in [1.54, 1.807) is 16.4 Å². The summed E-state index contributed by atoms with van der Waals surface area (Å²) in [5, 5.41) is 5.70. The van der Waals surface area contributed by atoms with Crippen molar-refractivity contribution in [1.82, 2.24) is 9.36 Å². The average molecular weight is 403 g/mol. The zero-order chi connectivity index (χ0) is 20.9. The first-order valence-electron chi connectivity index (χ1n) is 10.2.